The van der Waals surface area contributed by atoms with Gasteiger partial charge >= 0.3 is 0 Å². The molecule has 1 aromatic heterocycles. The minimum Gasteiger partial charge on any atom is -0.459 e. The van der Waals surface area contributed by atoms with Crippen molar-refractivity contribution in [3.63, 3.8) is 0 Å². The van der Waals surface area contributed by atoms with Crippen LogP contribution in [-0.2, 0) is 14.3 Å². The van der Waals surface area contributed by atoms with Crippen molar-refractivity contribution < 1.29 is 19.4 Å². The summed E-state index contributed by atoms with van der Waals surface area (Å²) in [7, 11) is 2.08. The summed E-state index contributed by atoms with van der Waals surface area (Å²) >= 11 is 1.73. The number of piperazine rings is 1. The van der Waals surface area contributed by atoms with E-state index in [1.54, 1.807) is 11.3 Å². The molecule has 162 valence electrons. The Balaban J connectivity index is 1.55. The van der Waals surface area contributed by atoms with Gasteiger partial charge in [-0.3, -0.25) is 4.79 Å². The zero-order chi connectivity index (χ0) is 20.9. The third-order valence-corrected chi connectivity index (χ3v) is 6.81. The van der Waals surface area contributed by atoms with Gasteiger partial charge in [-0.25, -0.2) is 0 Å². The number of nitrogens with zero attached hydrogens (tertiary/aromatic N) is 2. The van der Waals surface area contributed by atoms with Crippen LogP contribution in [-0.4, -0.2) is 73.5 Å². The fourth-order valence-corrected chi connectivity index (χ4v) is 5.03. The summed E-state index contributed by atoms with van der Waals surface area (Å²) in [5, 5.41) is 12.4. The fraction of sp³-hybridized carbons (Fsp3) is 0.522. The highest BCUT2D eigenvalue weighted by Gasteiger charge is 2.32. The number of hydrogen-bond acceptors (Lipinski definition) is 6. The van der Waals surface area contributed by atoms with Crippen LogP contribution in [0.15, 0.2) is 41.5 Å². The summed E-state index contributed by atoms with van der Waals surface area (Å²) < 4.78 is 13.2. The number of carbonyl (C=O) groups excluding carboxylic acids is 1. The largest absolute Gasteiger partial charge is 0.459 e. The van der Waals surface area contributed by atoms with Gasteiger partial charge in [0.2, 0.25) is 6.29 Å². The first-order valence-electron chi connectivity index (χ1n) is 10.7. The van der Waals surface area contributed by atoms with E-state index in [0.29, 0.717) is 38.3 Å². The Morgan fingerprint density at radius 1 is 1.23 bits per heavy atom. The number of thiophene rings is 1. The molecule has 0 aliphatic carbocycles. The van der Waals surface area contributed by atoms with E-state index < -0.39 is 6.29 Å². The van der Waals surface area contributed by atoms with Gasteiger partial charge in [-0.1, -0.05) is 18.2 Å². The van der Waals surface area contributed by atoms with Crippen molar-refractivity contribution in [3.05, 3.63) is 47.0 Å². The highest BCUT2D eigenvalue weighted by atomic mass is 32.1. The Hall–Kier alpha value is -1.93. The maximum atomic E-state index is 13.2. The number of carbonyl (C=O) groups is 1. The number of allylic oxidation sites excluding steroid dienone is 1. The highest BCUT2D eigenvalue weighted by molar-refractivity contribution is 7.17. The number of unbranched alkanes of at least 4 members (excludes halogenated alkanes) is 1. The molecule has 4 rings (SSSR count). The van der Waals surface area contributed by atoms with Crippen molar-refractivity contribution in [2.45, 2.75) is 31.5 Å². The van der Waals surface area contributed by atoms with Crippen LogP contribution in [0.3, 0.4) is 0 Å². The molecule has 2 atom stereocenters. The Morgan fingerprint density at radius 2 is 2.03 bits per heavy atom. The van der Waals surface area contributed by atoms with Crippen LogP contribution >= 0.6 is 11.3 Å². The third-order valence-electron chi connectivity index (χ3n) is 5.83. The van der Waals surface area contributed by atoms with E-state index in [2.05, 4.69) is 41.6 Å². The van der Waals surface area contributed by atoms with Crippen LogP contribution in [0.25, 0.3) is 10.1 Å². The molecule has 2 aliphatic heterocycles. The predicted molar refractivity (Wildman–Crippen MR) is 118 cm³/mol. The first-order chi connectivity index (χ1) is 14.7. The normalized spacial score (nSPS) is 22.7. The van der Waals surface area contributed by atoms with Gasteiger partial charge in [0, 0.05) is 49.8 Å². The Morgan fingerprint density at radius 3 is 2.83 bits per heavy atom. The maximum Gasteiger partial charge on any atom is 0.288 e. The molecule has 0 spiro atoms. The lowest BCUT2D eigenvalue weighted by molar-refractivity contribution is -0.153. The number of aliphatic hydroxyl groups excluding tert-OH is 1. The average Bonchev–Trinajstić information content (AvgIpc) is 3.21. The van der Waals surface area contributed by atoms with Gasteiger partial charge in [-0.2, -0.15) is 0 Å². The second kappa shape index (κ2) is 9.92. The number of benzene rings is 1. The topological polar surface area (TPSA) is 62.2 Å². The Kier molecular flexibility index (Phi) is 7.04. The van der Waals surface area contributed by atoms with E-state index >= 15 is 0 Å². The van der Waals surface area contributed by atoms with Crippen molar-refractivity contribution in [1.29, 1.82) is 0 Å². The molecule has 1 fully saturated rings. The fourth-order valence-electron chi connectivity index (χ4n) is 4.01. The molecule has 7 heteroatoms. The second-order valence-corrected chi connectivity index (χ2v) is 8.92. The van der Waals surface area contributed by atoms with Crippen LogP contribution in [0.4, 0.5) is 0 Å². The van der Waals surface area contributed by atoms with E-state index in [9.17, 15) is 4.79 Å². The average molecular weight is 431 g/mol. The molecule has 1 amide bonds. The highest BCUT2D eigenvalue weighted by Crippen LogP contribution is 2.38. The van der Waals surface area contributed by atoms with Crippen LogP contribution in [0, 0.1) is 0 Å². The molecule has 2 aromatic rings. The van der Waals surface area contributed by atoms with Gasteiger partial charge < -0.3 is 24.4 Å². The first-order valence-corrected chi connectivity index (χ1v) is 11.6. The molecular formula is C23H30N2O4S. The molecule has 1 N–H and O–H groups in total. The van der Waals surface area contributed by atoms with Gasteiger partial charge in [0.1, 0.15) is 0 Å². The van der Waals surface area contributed by atoms with Crippen molar-refractivity contribution in [2.75, 3.05) is 46.4 Å². The van der Waals surface area contributed by atoms with Crippen LogP contribution in [0.1, 0.15) is 30.7 Å². The molecule has 0 bridgehead atoms. The van der Waals surface area contributed by atoms with Crippen LogP contribution in [0.5, 0.6) is 0 Å². The minimum absolute atomic E-state index is 0.0451. The molecule has 6 nitrogen and oxygen atoms in total. The van der Waals surface area contributed by atoms with Crippen molar-refractivity contribution in [2.24, 2.45) is 0 Å². The summed E-state index contributed by atoms with van der Waals surface area (Å²) in [4.78, 5) is 17.3. The molecule has 1 aromatic carbocycles. The molecule has 3 heterocycles. The Bertz CT molecular complexity index is 888. The van der Waals surface area contributed by atoms with Crippen molar-refractivity contribution in [1.82, 2.24) is 9.80 Å². The molecule has 30 heavy (non-hydrogen) atoms. The number of fused-ring (bicyclic) bond motifs is 1. The summed E-state index contributed by atoms with van der Waals surface area (Å²) in [6.07, 6.45) is 3.69. The summed E-state index contributed by atoms with van der Waals surface area (Å²) in [5.41, 5.74) is 1.23. The summed E-state index contributed by atoms with van der Waals surface area (Å²) in [5.74, 6) is 0.429. The van der Waals surface area contributed by atoms with Gasteiger partial charge in [-0.05, 0) is 48.4 Å². The van der Waals surface area contributed by atoms with E-state index in [0.717, 1.165) is 19.5 Å². The summed E-state index contributed by atoms with van der Waals surface area (Å²) in [6.45, 7) is 3.84. The van der Waals surface area contributed by atoms with Gasteiger partial charge in [0.05, 0.1) is 6.61 Å². The number of hydrogen-bond donors (Lipinski definition) is 1. The van der Waals surface area contributed by atoms with Gasteiger partial charge in [0.15, 0.2) is 5.76 Å². The number of rotatable bonds is 7. The number of aliphatic hydroxyl groups is 1. The first kappa shape index (κ1) is 21.3. The SMILES string of the molecule is CN1CCN(C(=O)C2=C[C@@H](c3csc4ccccc34)C[C@@H](OCCCCO)O2)CC1. The van der Waals surface area contributed by atoms with Crippen molar-refractivity contribution >= 4 is 27.3 Å². The molecule has 0 unspecified atom stereocenters. The molecule has 1 saturated heterocycles. The lowest BCUT2D eigenvalue weighted by atomic mass is 9.92. The number of likely N-dealkylation sites (N-methyl/N-ethyl adjacent to an activating group) is 1. The van der Waals surface area contributed by atoms with Gasteiger partial charge in [-0.15, -0.1) is 11.3 Å². The maximum absolute atomic E-state index is 13.2. The molecule has 0 saturated carbocycles. The van der Waals surface area contributed by atoms with E-state index in [4.69, 9.17) is 14.6 Å². The minimum atomic E-state index is -0.455. The lowest BCUT2D eigenvalue weighted by Crippen LogP contribution is -2.48. The monoisotopic (exact) mass is 430 g/mol. The predicted octanol–water partition coefficient (Wildman–Crippen LogP) is 3.18. The lowest BCUT2D eigenvalue weighted by Gasteiger charge is -2.35. The van der Waals surface area contributed by atoms with Gasteiger partial charge in [0.25, 0.3) is 5.91 Å². The number of ether oxygens (including phenoxy) is 2. The second-order valence-electron chi connectivity index (χ2n) is 8.00. The van der Waals surface area contributed by atoms with Crippen molar-refractivity contribution in [3.8, 4) is 0 Å². The van der Waals surface area contributed by atoms with E-state index in [1.807, 2.05) is 11.0 Å². The zero-order valence-electron chi connectivity index (χ0n) is 17.5. The molecule has 2 aliphatic rings. The number of amides is 1. The summed E-state index contributed by atoms with van der Waals surface area (Å²) in [6, 6.07) is 8.38. The Labute approximate surface area is 181 Å². The van der Waals surface area contributed by atoms with Crippen LogP contribution in [0.2, 0.25) is 0 Å². The smallest absolute Gasteiger partial charge is 0.288 e. The third kappa shape index (κ3) is 4.86. The van der Waals surface area contributed by atoms with E-state index in [-0.39, 0.29) is 18.4 Å². The standard InChI is InChI=1S/C23H30N2O4S/c1-24-8-10-25(11-9-24)23(27)20-14-17(15-22(29-20)28-13-5-4-12-26)19-16-30-21-7-3-2-6-18(19)21/h2-3,6-7,14,16-17,22,26H,4-5,8-13,15H2,1H3/t17-,22+/m1/s1. The molecular weight excluding hydrogens is 400 g/mol. The molecule has 0 radical (unpaired) electrons. The zero-order valence-corrected chi connectivity index (χ0v) is 18.3. The quantitative estimate of drug-likeness (QED) is 0.684. The van der Waals surface area contributed by atoms with E-state index in [1.165, 1.54) is 15.6 Å². The van der Waals surface area contributed by atoms with Crippen LogP contribution < -0.4 is 0 Å².